The molecule has 0 unspecified atom stereocenters. The fourth-order valence-electron chi connectivity index (χ4n) is 4.56. The number of nitrogens with one attached hydrogen (secondary N) is 2. The summed E-state index contributed by atoms with van der Waals surface area (Å²) in [5.41, 5.74) is 2.77. The first kappa shape index (κ1) is 23.1. The Labute approximate surface area is 194 Å². The van der Waals surface area contributed by atoms with Crippen LogP contribution < -0.4 is 14.8 Å². The minimum Gasteiger partial charge on any atom is -0.493 e. The highest BCUT2D eigenvalue weighted by Crippen LogP contribution is 2.29. The molecular formula is C26H32FN3O3. The van der Waals surface area contributed by atoms with Gasteiger partial charge >= 0.3 is 0 Å². The van der Waals surface area contributed by atoms with Gasteiger partial charge in [-0.05, 0) is 86.7 Å². The highest BCUT2D eigenvalue weighted by Gasteiger charge is 2.24. The molecule has 7 heteroatoms. The number of hydrogen-bond donors (Lipinski definition) is 2. The molecule has 33 heavy (non-hydrogen) atoms. The summed E-state index contributed by atoms with van der Waals surface area (Å²) >= 11 is 0. The lowest BCUT2D eigenvalue weighted by atomic mass is 9.96. The Balaban J connectivity index is 1.18. The third-order valence-corrected chi connectivity index (χ3v) is 6.49. The summed E-state index contributed by atoms with van der Waals surface area (Å²) in [6.45, 7) is 3.41. The molecule has 2 heterocycles. The molecule has 2 N–H and O–H groups in total. The van der Waals surface area contributed by atoms with E-state index in [9.17, 15) is 9.18 Å². The molecule has 0 atom stereocenters. The van der Waals surface area contributed by atoms with Crippen molar-refractivity contribution in [3.63, 3.8) is 0 Å². The molecule has 4 rings (SSSR count). The molecule has 1 aromatic heterocycles. The van der Waals surface area contributed by atoms with E-state index in [1.165, 1.54) is 6.07 Å². The minimum absolute atomic E-state index is 0.0394. The van der Waals surface area contributed by atoms with Crippen LogP contribution in [0.4, 0.5) is 4.39 Å². The van der Waals surface area contributed by atoms with E-state index in [1.54, 1.807) is 44.6 Å². The Bertz CT molecular complexity index is 1090. The summed E-state index contributed by atoms with van der Waals surface area (Å²) in [6, 6.07) is 10.2. The van der Waals surface area contributed by atoms with E-state index in [2.05, 4.69) is 10.3 Å². The summed E-state index contributed by atoms with van der Waals surface area (Å²) in [7, 11) is 3.16. The molecule has 6 nitrogen and oxygen atoms in total. The van der Waals surface area contributed by atoms with Crippen LogP contribution in [0.15, 0.2) is 42.6 Å². The number of fused-ring (bicyclic) bond motifs is 1. The largest absolute Gasteiger partial charge is 0.493 e. The molecule has 0 radical (unpaired) electrons. The normalized spacial score (nSPS) is 14.6. The number of piperidine rings is 1. The zero-order valence-electron chi connectivity index (χ0n) is 19.3. The standard InChI is InChI=1S/C26H32FN3O3/c1-32-24-8-5-19(14-25(24)33-2)26(31)30-12-9-18(10-13-30)16-28-11-3-4-20-17-29-23-7-6-21(27)15-22(20)23/h5-8,14-15,17-18,28-29H,3-4,9-13,16H2,1-2H3. The van der Waals surface area contributed by atoms with E-state index in [0.717, 1.165) is 68.3 Å². The van der Waals surface area contributed by atoms with Crippen LogP contribution in [0.3, 0.4) is 0 Å². The van der Waals surface area contributed by atoms with Gasteiger partial charge in [-0.2, -0.15) is 0 Å². The van der Waals surface area contributed by atoms with Gasteiger partial charge in [-0.15, -0.1) is 0 Å². The molecule has 176 valence electrons. The first-order valence-corrected chi connectivity index (χ1v) is 11.6. The Morgan fingerprint density at radius 2 is 1.91 bits per heavy atom. The molecule has 1 fully saturated rings. The lowest BCUT2D eigenvalue weighted by molar-refractivity contribution is 0.0689. The number of aromatic nitrogens is 1. The molecule has 3 aromatic rings. The number of benzene rings is 2. The van der Waals surface area contributed by atoms with Gasteiger partial charge in [0, 0.05) is 35.8 Å². The molecule has 0 saturated carbocycles. The molecule has 0 spiro atoms. The van der Waals surface area contributed by atoms with Crippen LogP contribution in [0.5, 0.6) is 11.5 Å². The van der Waals surface area contributed by atoms with Gasteiger partial charge < -0.3 is 24.7 Å². The van der Waals surface area contributed by atoms with Crippen LogP contribution in [-0.2, 0) is 6.42 Å². The van der Waals surface area contributed by atoms with Gasteiger partial charge in [0.25, 0.3) is 5.91 Å². The minimum atomic E-state index is -0.197. The molecule has 1 aliphatic heterocycles. The zero-order valence-corrected chi connectivity index (χ0v) is 19.3. The van der Waals surface area contributed by atoms with Gasteiger partial charge in [0.1, 0.15) is 5.82 Å². The maximum Gasteiger partial charge on any atom is 0.253 e. The smallest absolute Gasteiger partial charge is 0.253 e. The first-order chi connectivity index (χ1) is 16.1. The molecule has 2 aromatic carbocycles. The number of nitrogens with zero attached hydrogens (tertiary/aromatic N) is 1. The number of ether oxygens (including phenoxy) is 2. The number of halogens is 1. The lowest BCUT2D eigenvalue weighted by Crippen LogP contribution is -2.40. The second-order valence-electron chi connectivity index (χ2n) is 8.62. The van der Waals surface area contributed by atoms with Crippen molar-refractivity contribution in [2.45, 2.75) is 25.7 Å². The topological polar surface area (TPSA) is 66.6 Å². The number of carbonyl (C=O) groups is 1. The van der Waals surface area contributed by atoms with Crippen LogP contribution in [0, 0.1) is 11.7 Å². The highest BCUT2D eigenvalue weighted by atomic mass is 19.1. The quantitative estimate of drug-likeness (QED) is 0.472. The van der Waals surface area contributed by atoms with E-state index in [0.29, 0.717) is 23.0 Å². The molecule has 1 amide bonds. The summed E-state index contributed by atoms with van der Waals surface area (Å²) in [5.74, 6) is 1.60. The van der Waals surface area contributed by atoms with Crippen molar-refractivity contribution in [2.75, 3.05) is 40.4 Å². The number of H-pyrrole nitrogens is 1. The molecule has 0 aliphatic carbocycles. The Morgan fingerprint density at radius 3 is 2.67 bits per heavy atom. The Kier molecular flexibility index (Phi) is 7.50. The molecule has 1 saturated heterocycles. The number of amides is 1. The summed E-state index contributed by atoms with van der Waals surface area (Å²) in [4.78, 5) is 18.0. The number of methoxy groups -OCH3 is 2. The Hall–Kier alpha value is -3.06. The van der Waals surface area contributed by atoms with Gasteiger partial charge in [-0.25, -0.2) is 4.39 Å². The second kappa shape index (κ2) is 10.7. The third-order valence-electron chi connectivity index (χ3n) is 6.49. The van der Waals surface area contributed by atoms with E-state index in [1.807, 2.05) is 11.1 Å². The van der Waals surface area contributed by atoms with Gasteiger partial charge in [-0.1, -0.05) is 0 Å². The SMILES string of the molecule is COc1ccc(C(=O)N2CCC(CNCCCc3c[nH]c4ccc(F)cc34)CC2)cc1OC. The molecular weight excluding hydrogens is 421 g/mol. The predicted molar refractivity (Wildman–Crippen MR) is 128 cm³/mol. The van der Waals surface area contributed by atoms with Crippen molar-refractivity contribution < 1.29 is 18.7 Å². The van der Waals surface area contributed by atoms with Crippen molar-refractivity contribution in [1.29, 1.82) is 0 Å². The van der Waals surface area contributed by atoms with Crippen molar-refractivity contribution in [2.24, 2.45) is 5.92 Å². The van der Waals surface area contributed by atoms with Gasteiger partial charge in [0.05, 0.1) is 14.2 Å². The number of hydrogen-bond acceptors (Lipinski definition) is 4. The number of likely N-dealkylation sites (tertiary alicyclic amines) is 1. The van der Waals surface area contributed by atoms with E-state index < -0.39 is 0 Å². The molecule has 0 bridgehead atoms. The number of carbonyl (C=O) groups excluding carboxylic acids is 1. The predicted octanol–water partition coefficient (Wildman–Crippen LogP) is 4.40. The first-order valence-electron chi connectivity index (χ1n) is 11.6. The van der Waals surface area contributed by atoms with Crippen LogP contribution in [0.2, 0.25) is 0 Å². The number of aryl methyl sites for hydroxylation is 1. The van der Waals surface area contributed by atoms with Crippen molar-refractivity contribution in [1.82, 2.24) is 15.2 Å². The Morgan fingerprint density at radius 1 is 1.12 bits per heavy atom. The van der Waals surface area contributed by atoms with Crippen LogP contribution >= 0.6 is 0 Å². The summed E-state index contributed by atoms with van der Waals surface area (Å²) in [5, 5.41) is 4.54. The lowest BCUT2D eigenvalue weighted by Gasteiger charge is -2.32. The van der Waals surface area contributed by atoms with Crippen LogP contribution in [-0.4, -0.2) is 56.2 Å². The number of rotatable bonds is 9. The highest BCUT2D eigenvalue weighted by molar-refractivity contribution is 5.95. The van der Waals surface area contributed by atoms with Gasteiger partial charge in [-0.3, -0.25) is 4.79 Å². The third kappa shape index (κ3) is 5.47. The van der Waals surface area contributed by atoms with Crippen LogP contribution in [0.1, 0.15) is 35.2 Å². The average Bonchev–Trinajstić information content (AvgIpc) is 3.25. The van der Waals surface area contributed by atoms with Gasteiger partial charge in [0.15, 0.2) is 11.5 Å². The average molecular weight is 454 g/mol. The fraction of sp³-hybridized carbons (Fsp3) is 0.423. The molecule has 1 aliphatic rings. The van der Waals surface area contributed by atoms with Crippen molar-refractivity contribution in [3.8, 4) is 11.5 Å². The maximum atomic E-state index is 13.5. The second-order valence-corrected chi connectivity index (χ2v) is 8.62. The van der Waals surface area contributed by atoms with Gasteiger partial charge in [0.2, 0.25) is 0 Å². The van der Waals surface area contributed by atoms with E-state index in [-0.39, 0.29) is 11.7 Å². The summed E-state index contributed by atoms with van der Waals surface area (Å²) in [6.07, 6.45) is 5.88. The number of aromatic amines is 1. The monoisotopic (exact) mass is 453 g/mol. The van der Waals surface area contributed by atoms with Crippen molar-refractivity contribution >= 4 is 16.8 Å². The zero-order chi connectivity index (χ0) is 23.2. The maximum absolute atomic E-state index is 13.5. The fourth-order valence-corrected chi connectivity index (χ4v) is 4.56. The van der Waals surface area contributed by atoms with Crippen LogP contribution in [0.25, 0.3) is 10.9 Å². The van der Waals surface area contributed by atoms with E-state index in [4.69, 9.17) is 9.47 Å². The van der Waals surface area contributed by atoms with Crippen molar-refractivity contribution in [3.05, 3.63) is 59.5 Å². The van der Waals surface area contributed by atoms with E-state index >= 15 is 0 Å². The summed E-state index contributed by atoms with van der Waals surface area (Å²) < 4.78 is 24.1.